The summed E-state index contributed by atoms with van der Waals surface area (Å²) in [6.07, 6.45) is 0.512. The van der Waals surface area contributed by atoms with Gasteiger partial charge in [0.1, 0.15) is 5.82 Å². The quantitative estimate of drug-likeness (QED) is 0.833. The van der Waals surface area contributed by atoms with Gasteiger partial charge in [-0.2, -0.15) is 0 Å². The van der Waals surface area contributed by atoms with Crippen molar-refractivity contribution in [3.05, 3.63) is 54.3 Å². The van der Waals surface area contributed by atoms with E-state index in [0.717, 1.165) is 24.5 Å². The predicted octanol–water partition coefficient (Wildman–Crippen LogP) is 2.88. The molecule has 1 aliphatic heterocycles. The molecule has 146 valence electrons. The van der Waals surface area contributed by atoms with Crippen LogP contribution in [0.3, 0.4) is 0 Å². The third kappa shape index (κ3) is 4.14. The molecule has 4 rings (SSSR count). The number of amides is 2. The molecule has 2 aliphatic rings. The largest absolute Gasteiger partial charge is 0.378 e. The minimum Gasteiger partial charge on any atom is -0.378 e. The molecule has 7 heteroatoms. The Labute approximate surface area is 162 Å². The summed E-state index contributed by atoms with van der Waals surface area (Å²) in [5, 5.41) is 5.71. The van der Waals surface area contributed by atoms with Crippen LogP contribution in [0.1, 0.15) is 6.42 Å². The molecule has 2 aromatic rings. The minimum atomic E-state index is -0.361. The summed E-state index contributed by atoms with van der Waals surface area (Å²) in [6.45, 7) is 2.88. The van der Waals surface area contributed by atoms with E-state index in [-0.39, 0.29) is 29.5 Å². The zero-order valence-corrected chi connectivity index (χ0v) is 15.4. The fraction of sp³-hybridized carbons (Fsp3) is 0.333. The average molecular weight is 383 g/mol. The maximum atomic E-state index is 13.0. The lowest BCUT2D eigenvalue weighted by Crippen LogP contribution is -2.36. The van der Waals surface area contributed by atoms with Crippen LogP contribution >= 0.6 is 0 Å². The molecular formula is C21H22FN3O3. The number of rotatable bonds is 5. The van der Waals surface area contributed by atoms with Crippen molar-refractivity contribution in [2.45, 2.75) is 6.42 Å². The SMILES string of the molecule is O=C(Nc1ccc(F)cc1)C1CC1C(=O)Nc1ccccc1N1CCOCC1. The fourth-order valence-electron chi connectivity index (χ4n) is 3.43. The number of morpholine rings is 1. The topological polar surface area (TPSA) is 70.7 Å². The van der Waals surface area contributed by atoms with Gasteiger partial charge in [0.25, 0.3) is 0 Å². The molecule has 2 fully saturated rings. The van der Waals surface area contributed by atoms with Crippen LogP contribution in [0.2, 0.25) is 0 Å². The number of ether oxygens (including phenoxy) is 1. The number of carbonyl (C=O) groups is 2. The van der Waals surface area contributed by atoms with Gasteiger partial charge >= 0.3 is 0 Å². The summed E-state index contributed by atoms with van der Waals surface area (Å²) in [5.74, 6) is -1.44. The minimum absolute atomic E-state index is 0.153. The molecule has 1 saturated heterocycles. The predicted molar refractivity (Wildman–Crippen MR) is 105 cm³/mol. The van der Waals surface area contributed by atoms with E-state index in [9.17, 15) is 14.0 Å². The molecule has 2 atom stereocenters. The van der Waals surface area contributed by atoms with Gasteiger partial charge in [-0.1, -0.05) is 12.1 Å². The smallest absolute Gasteiger partial charge is 0.228 e. The molecule has 1 heterocycles. The highest BCUT2D eigenvalue weighted by molar-refractivity contribution is 6.04. The number of benzene rings is 2. The Morgan fingerprint density at radius 2 is 1.57 bits per heavy atom. The highest BCUT2D eigenvalue weighted by Crippen LogP contribution is 2.41. The Balaban J connectivity index is 1.36. The first kappa shape index (κ1) is 18.4. The second kappa shape index (κ2) is 7.98. The number of anilines is 3. The lowest BCUT2D eigenvalue weighted by Gasteiger charge is -2.30. The van der Waals surface area contributed by atoms with E-state index in [0.29, 0.717) is 25.3 Å². The van der Waals surface area contributed by atoms with Gasteiger partial charge < -0.3 is 20.3 Å². The van der Waals surface area contributed by atoms with E-state index < -0.39 is 0 Å². The van der Waals surface area contributed by atoms with Crippen LogP contribution in [0.25, 0.3) is 0 Å². The van der Waals surface area contributed by atoms with E-state index in [1.165, 1.54) is 24.3 Å². The summed E-state index contributed by atoms with van der Waals surface area (Å²) in [5.41, 5.74) is 2.24. The molecule has 0 bridgehead atoms. The molecule has 1 saturated carbocycles. The molecule has 0 aromatic heterocycles. The maximum Gasteiger partial charge on any atom is 0.228 e. The Bertz CT molecular complexity index is 865. The van der Waals surface area contributed by atoms with Crippen LogP contribution in [0.15, 0.2) is 48.5 Å². The first-order valence-corrected chi connectivity index (χ1v) is 9.41. The monoisotopic (exact) mass is 383 g/mol. The van der Waals surface area contributed by atoms with Crippen LogP contribution in [-0.2, 0) is 14.3 Å². The molecule has 0 radical (unpaired) electrons. The van der Waals surface area contributed by atoms with Gasteiger partial charge in [-0.15, -0.1) is 0 Å². The van der Waals surface area contributed by atoms with Crippen molar-refractivity contribution in [2.24, 2.45) is 11.8 Å². The Kier molecular flexibility index (Phi) is 5.25. The van der Waals surface area contributed by atoms with Crippen LogP contribution in [0.4, 0.5) is 21.5 Å². The van der Waals surface area contributed by atoms with E-state index in [4.69, 9.17) is 4.74 Å². The fourth-order valence-corrected chi connectivity index (χ4v) is 3.43. The summed E-state index contributed by atoms with van der Waals surface area (Å²) >= 11 is 0. The summed E-state index contributed by atoms with van der Waals surface area (Å²) < 4.78 is 18.4. The number of carbonyl (C=O) groups excluding carboxylic acids is 2. The Morgan fingerprint density at radius 1 is 0.929 bits per heavy atom. The maximum absolute atomic E-state index is 13.0. The molecule has 2 unspecified atom stereocenters. The standard InChI is InChI=1S/C21H22FN3O3/c22-14-5-7-15(8-6-14)23-20(26)16-13-17(16)21(27)24-18-3-1-2-4-19(18)25-9-11-28-12-10-25/h1-8,16-17H,9-13H2,(H,23,26)(H,24,27). The van der Waals surface area contributed by atoms with Crippen LogP contribution in [-0.4, -0.2) is 38.1 Å². The van der Waals surface area contributed by atoms with Gasteiger partial charge in [0.05, 0.1) is 36.4 Å². The number of para-hydroxylation sites is 2. The number of hydrogen-bond acceptors (Lipinski definition) is 4. The van der Waals surface area contributed by atoms with E-state index in [1.807, 2.05) is 24.3 Å². The van der Waals surface area contributed by atoms with Gasteiger partial charge in [0, 0.05) is 18.8 Å². The molecular weight excluding hydrogens is 361 g/mol. The van der Waals surface area contributed by atoms with Crippen molar-refractivity contribution in [1.82, 2.24) is 0 Å². The molecule has 2 aromatic carbocycles. The van der Waals surface area contributed by atoms with Crippen molar-refractivity contribution in [2.75, 3.05) is 41.8 Å². The average Bonchev–Trinajstić information content (AvgIpc) is 3.52. The number of hydrogen-bond donors (Lipinski definition) is 2. The van der Waals surface area contributed by atoms with Crippen molar-refractivity contribution >= 4 is 28.9 Å². The number of nitrogens with one attached hydrogen (secondary N) is 2. The van der Waals surface area contributed by atoms with E-state index in [1.54, 1.807) is 0 Å². The highest BCUT2D eigenvalue weighted by atomic mass is 19.1. The van der Waals surface area contributed by atoms with Crippen LogP contribution < -0.4 is 15.5 Å². The first-order chi connectivity index (χ1) is 13.6. The van der Waals surface area contributed by atoms with Crippen molar-refractivity contribution in [3.63, 3.8) is 0 Å². The molecule has 1 aliphatic carbocycles. The lowest BCUT2D eigenvalue weighted by atomic mass is 10.2. The first-order valence-electron chi connectivity index (χ1n) is 9.41. The second-order valence-corrected chi connectivity index (χ2v) is 7.05. The Hall–Kier alpha value is -2.93. The zero-order chi connectivity index (χ0) is 19.5. The van der Waals surface area contributed by atoms with Crippen LogP contribution in [0.5, 0.6) is 0 Å². The molecule has 2 amide bonds. The van der Waals surface area contributed by atoms with Crippen molar-refractivity contribution < 1.29 is 18.7 Å². The van der Waals surface area contributed by atoms with E-state index >= 15 is 0 Å². The molecule has 0 spiro atoms. The van der Waals surface area contributed by atoms with Crippen molar-refractivity contribution in [3.8, 4) is 0 Å². The number of halogens is 1. The number of nitrogens with zero attached hydrogens (tertiary/aromatic N) is 1. The van der Waals surface area contributed by atoms with Gasteiger partial charge in [-0.05, 0) is 42.8 Å². The Morgan fingerprint density at radius 3 is 2.29 bits per heavy atom. The molecule has 28 heavy (non-hydrogen) atoms. The van der Waals surface area contributed by atoms with Crippen molar-refractivity contribution in [1.29, 1.82) is 0 Å². The van der Waals surface area contributed by atoms with Gasteiger partial charge in [0.2, 0.25) is 11.8 Å². The summed E-state index contributed by atoms with van der Waals surface area (Å²) in [6, 6.07) is 13.3. The summed E-state index contributed by atoms with van der Waals surface area (Å²) in [4.78, 5) is 27.2. The normalized spacial score (nSPS) is 21.1. The third-order valence-corrected chi connectivity index (χ3v) is 5.09. The van der Waals surface area contributed by atoms with E-state index in [2.05, 4.69) is 15.5 Å². The van der Waals surface area contributed by atoms with Gasteiger partial charge in [-0.25, -0.2) is 4.39 Å². The van der Waals surface area contributed by atoms with Gasteiger partial charge in [0.15, 0.2) is 0 Å². The molecule has 6 nitrogen and oxygen atoms in total. The third-order valence-electron chi connectivity index (χ3n) is 5.09. The van der Waals surface area contributed by atoms with Gasteiger partial charge in [-0.3, -0.25) is 9.59 Å². The molecule has 2 N–H and O–H groups in total. The highest BCUT2D eigenvalue weighted by Gasteiger charge is 2.48. The van der Waals surface area contributed by atoms with Crippen LogP contribution in [0, 0.1) is 17.7 Å². The lowest BCUT2D eigenvalue weighted by molar-refractivity contribution is -0.122. The summed E-state index contributed by atoms with van der Waals surface area (Å²) in [7, 11) is 0. The second-order valence-electron chi connectivity index (χ2n) is 7.05. The zero-order valence-electron chi connectivity index (χ0n) is 15.4.